The number of halogens is 1. The number of nitrogens with one attached hydrogen (secondary N) is 1. The second-order valence-electron chi connectivity index (χ2n) is 3.90. The van der Waals surface area contributed by atoms with Gasteiger partial charge in [-0.2, -0.15) is 0 Å². The van der Waals surface area contributed by atoms with Crippen molar-refractivity contribution in [3.8, 4) is 5.75 Å². The van der Waals surface area contributed by atoms with Crippen LogP contribution in [0.3, 0.4) is 0 Å². The van der Waals surface area contributed by atoms with Crippen LogP contribution in [-0.4, -0.2) is 13.2 Å². The number of benzene rings is 1. The topological polar surface area (TPSA) is 21.3 Å². The first-order chi connectivity index (χ1) is 7.26. The summed E-state index contributed by atoms with van der Waals surface area (Å²) in [5.74, 6) is 0.996. The third kappa shape index (κ3) is 2.04. The smallest absolute Gasteiger partial charge is 0.123 e. The summed E-state index contributed by atoms with van der Waals surface area (Å²) in [6, 6.07) is 4.70. The summed E-state index contributed by atoms with van der Waals surface area (Å²) in [5.41, 5.74) is 2.71. The largest absolute Gasteiger partial charge is 0.496 e. The van der Waals surface area contributed by atoms with Crippen molar-refractivity contribution in [1.82, 2.24) is 5.32 Å². The van der Waals surface area contributed by atoms with Crippen molar-refractivity contribution >= 4 is 15.9 Å². The molecule has 3 heteroatoms. The van der Waals surface area contributed by atoms with E-state index in [0.29, 0.717) is 6.04 Å². The van der Waals surface area contributed by atoms with Crippen LogP contribution in [0.15, 0.2) is 16.6 Å². The van der Waals surface area contributed by atoms with Gasteiger partial charge in [0.25, 0.3) is 0 Å². The second kappa shape index (κ2) is 4.54. The van der Waals surface area contributed by atoms with Crippen LogP contribution in [0.4, 0.5) is 0 Å². The SMILES string of the molecule is CCC1Cc2c(Br)ccc(OC)c2CN1. The summed E-state index contributed by atoms with van der Waals surface area (Å²) < 4.78 is 6.58. The predicted octanol–water partition coefficient (Wildman–Crippen LogP) is 2.88. The molecule has 0 aliphatic carbocycles. The fourth-order valence-electron chi connectivity index (χ4n) is 2.10. The van der Waals surface area contributed by atoms with Gasteiger partial charge in [-0.05, 0) is 30.5 Å². The number of ether oxygens (including phenoxy) is 1. The van der Waals surface area contributed by atoms with Crippen molar-refractivity contribution in [1.29, 1.82) is 0 Å². The van der Waals surface area contributed by atoms with E-state index in [1.807, 2.05) is 6.07 Å². The maximum atomic E-state index is 5.38. The minimum Gasteiger partial charge on any atom is -0.496 e. The molecule has 0 saturated carbocycles. The van der Waals surface area contributed by atoms with E-state index in [9.17, 15) is 0 Å². The van der Waals surface area contributed by atoms with Crippen molar-refractivity contribution < 1.29 is 4.74 Å². The van der Waals surface area contributed by atoms with E-state index < -0.39 is 0 Å². The fourth-order valence-corrected chi connectivity index (χ4v) is 2.64. The van der Waals surface area contributed by atoms with E-state index in [4.69, 9.17) is 4.74 Å². The zero-order valence-electron chi connectivity index (χ0n) is 9.14. The number of methoxy groups -OCH3 is 1. The van der Waals surface area contributed by atoms with Crippen LogP contribution >= 0.6 is 15.9 Å². The number of fused-ring (bicyclic) bond motifs is 1. The van der Waals surface area contributed by atoms with Gasteiger partial charge in [-0.1, -0.05) is 22.9 Å². The molecule has 2 rings (SSSR count). The molecule has 2 nitrogen and oxygen atoms in total. The third-order valence-corrected chi connectivity index (χ3v) is 3.80. The predicted molar refractivity (Wildman–Crippen MR) is 65.3 cm³/mol. The minimum atomic E-state index is 0.598. The highest BCUT2D eigenvalue weighted by Gasteiger charge is 2.21. The molecule has 1 aliphatic heterocycles. The summed E-state index contributed by atoms with van der Waals surface area (Å²) in [4.78, 5) is 0. The van der Waals surface area contributed by atoms with Gasteiger partial charge in [0, 0.05) is 22.6 Å². The Kier molecular flexibility index (Phi) is 3.32. The lowest BCUT2D eigenvalue weighted by molar-refractivity contribution is 0.394. The van der Waals surface area contributed by atoms with Crippen molar-refractivity contribution in [2.75, 3.05) is 7.11 Å². The molecule has 1 aromatic carbocycles. The summed E-state index contributed by atoms with van der Waals surface area (Å²) in [6.07, 6.45) is 2.26. The van der Waals surface area contributed by atoms with Gasteiger partial charge in [0.05, 0.1) is 7.11 Å². The minimum absolute atomic E-state index is 0.598. The van der Waals surface area contributed by atoms with Gasteiger partial charge in [-0.25, -0.2) is 0 Å². The van der Waals surface area contributed by atoms with Crippen LogP contribution < -0.4 is 10.1 Å². The Morgan fingerprint density at radius 3 is 2.93 bits per heavy atom. The highest BCUT2D eigenvalue weighted by atomic mass is 79.9. The molecule has 1 heterocycles. The first-order valence-corrected chi connectivity index (χ1v) is 6.13. The lowest BCUT2D eigenvalue weighted by Gasteiger charge is -2.27. The Morgan fingerprint density at radius 1 is 1.47 bits per heavy atom. The molecule has 0 spiro atoms. The van der Waals surface area contributed by atoms with Gasteiger partial charge in [0.15, 0.2) is 0 Å². The van der Waals surface area contributed by atoms with Crippen LogP contribution in [0.1, 0.15) is 24.5 Å². The monoisotopic (exact) mass is 269 g/mol. The number of rotatable bonds is 2. The Hall–Kier alpha value is -0.540. The lowest BCUT2D eigenvalue weighted by atomic mass is 9.94. The molecule has 82 valence electrons. The van der Waals surface area contributed by atoms with E-state index in [2.05, 4.69) is 34.2 Å². The molecular weight excluding hydrogens is 254 g/mol. The van der Waals surface area contributed by atoms with E-state index >= 15 is 0 Å². The average Bonchev–Trinajstić information content (AvgIpc) is 2.29. The van der Waals surface area contributed by atoms with Crippen LogP contribution in [-0.2, 0) is 13.0 Å². The molecule has 0 aromatic heterocycles. The molecule has 0 bridgehead atoms. The highest BCUT2D eigenvalue weighted by molar-refractivity contribution is 9.10. The van der Waals surface area contributed by atoms with Gasteiger partial charge in [-0.15, -0.1) is 0 Å². The Bertz CT molecular complexity index is 365. The van der Waals surface area contributed by atoms with Crippen LogP contribution in [0.25, 0.3) is 0 Å². The first kappa shape index (κ1) is 11.0. The standard InChI is InChI=1S/C12H16BrNO/c1-3-8-6-9-10(7-14-8)12(15-2)5-4-11(9)13/h4-5,8,14H,3,6-7H2,1-2H3. The summed E-state index contributed by atoms with van der Waals surface area (Å²) >= 11 is 3.62. The maximum Gasteiger partial charge on any atom is 0.123 e. The van der Waals surface area contributed by atoms with Gasteiger partial charge < -0.3 is 10.1 Å². The highest BCUT2D eigenvalue weighted by Crippen LogP contribution is 2.32. The molecule has 0 amide bonds. The molecule has 1 N–H and O–H groups in total. The average molecular weight is 270 g/mol. The molecule has 15 heavy (non-hydrogen) atoms. The second-order valence-corrected chi connectivity index (χ2v) is 4.75. The zero-order valence-corrected chi connectivity index (χ0v) is 10.7. The molecule has 0 saturated heterocycles. The van der Waals surface area contributed by atoms with Crippen molar-refractivity contribution in [2.45, 2.75) is 32.4 Å². The maximum absolute atomic E-state index is 5.38. The number of hydrogen-bond acceptors (Lipinski definition) is 2. The van der Waals surface area contributed by atoms with Gasteiger partial charge in [0.1, 0.15) is 5.75 Å². The summed E-state index contributed by atoms with van der Waals surface area (Å²) in [5, 5.41) is 3.53. The van der Waals surface area contributed by atoms with Crippen LogP contribution in [0.2, 0.25) is 0 Å². The normalized spacial score (nSPS) is 19.8. The molecular formula is C12H16BrNO. The van der Waals surface area contributed by atoms with Crippen molar-refractivity contribution in [3.05, 3.63) is 27.7 Å². The van der Waals surface area contributed by atoms with Gasteiger partial charge in [-0.3, -0.25) is 0 Å². The van der Waals surface area contributed by atoms with Crippen LogP contribution in [0, 0.1) is 0 Å². The zero-order chi connectivity index (χ0) is 10.8. The molecule has 1 unspecified atom stereocenters. The Balaban J connectivity index is 2.40. The van der Waals surface area contributed by atoms with Gasteiger partial charge in [0.2, 0.25) is 0 Å². The third-order valence-electron chi connectivity index (χ3n) is 3.06. The summed E-state index contributed by atoms with van der Waals surface area (Å²) in [6.45, 7) is 3.13. The molecule has 1 atom stereocenters. The van der Waals surface area contributed by atoms with E-state index in [0.717, 1.165) is 18.7 Å². The Labute approximate surface area is 99.1 Å². The fraction of sp³-hybridized carbons (Fsp3) is 0.500. The van der Waals surface area contributed by atoms with E-state index in [1.54, 1.807) is 7.11 Å². The molecule has 1 aliphatic rings. The number of hydrogen-bond donors (Lipinski definition) is 1. The first-order valence-electron chi connectivity index (χ1n) is 5.33. The van der Waals surface area contributed by atoms with Crippen LogP contribution in [0.5, 0.6) is 5.75 Å². The van der Waals surface area contributed by atoms with Crippen molar-refractivity contribution in [3.63, 3.8) is 0 Å². The molecule has 0 fully saturated rings. The molecule has 0 radical (unpaired) electrons. The van der Waals surface area contributed by atoms with Gasteiger partial charge >= 0.3 is 0 Å². The van der Waals surface area contributed by atoms with Crippen molar-refractivity contribution in [2.24, 2.45) is 0 Å². The summed E-state index contributed by atoms with van der Waals surface area (Å²) in [7, 11) is 1.73. The van der Waals surface area contributed by atoms with E-state index in [-0.39, 0.29) is 0 Å². The quantitative estimate of drug-likeness (QED) is 0.892. The lowest BCUT2D eigenvalue weighted by Crippen LogP contribution is -2.35. The van der Waals surface area contributed by atoms with E-state index in [1.165, 1.54) is 22.0 Å². The Morgan fingerprint density at radius 2 is 2.27 bits per heavy atom. The molecule has 1 aromatic rings.